The van der Waals surface area contributed by atoms with Crippen molar-refractivity contribution in [1.29, 1.82) is 5.26 Å². The normalized spacial score (nSPS) is 9.40. The molecule has 78 valence electrons. The van der Waals surface area contributed by atoms with Crippen molar-refractivity contribution in [3.8, 4) is 17.6 Å². The van der Waals surface area contributed by atoms with Gasteiger partial charge in [0.2, 0.25) is 0 Å². The maximum absolute atomic E-state index is 11.2. The maximum Gasteiger partial charge on any atom is 0.345 e. The molecule has 15 heavy (non-hydrogen) atoms. The SMILES string of the molecule is COC(=O)c1c(O)cc(C)c(C#N)c1O. The predicted octanol–water partition coefficient (Wildman–Crippen LogP) is 1.06. The molecule has 0 fully saturated rings. The van der Waals surface area contributed by atoms with Crippen LogP contribution in [0.5, 0.6) is 11.5 Å². The molecule has 2 N–H and O–H groups in total. The largest absolute Gasteiger partial charge is 0.507 e. The van der Waals surface area contributed by atoms with E-state index in [9.17, 15) is 15.0 Å². The summed E-state index contributed by atoms with van der Waals surface area (Å²) in [5.74, 6) is -1.85. The molecule has 0 unspecified atom stereocenters. The molecule has 0 aliphatic heterocycles. The highest BCUT2D eigenvalue weighted by Gasteiger charge is 2.21. The number of hydrogen-bond acceptors (Lipinski definition) is 5. The molecular formula is C10H9NO4. The lowest BCUT2D eigenvalue weighted by atomic mass is 10.0. The quantitative estimate of drug-likeness (QED) is 0.672. The van der Waals surface area contributed by atoms with Crippen molar-refractivity contribution in [1.82, 2.24) is 0 Å². The van der Waals surface area contributed by atoms with Crippen LogP contribution in [0, 0.1) is 18.3 Å². The smallest absolute Gasteiger partial charge is 0.345 e. The van der Waals surface area contributed by atoms with Gasteiger partial charge in [-0.2, -0.15) is 5.26 Å². The van der Waals surface area contributed by atoms with E-state index < -0.39 is 17.5 Å². The van der Waals surface area contributed by atoms with Gasteiger partial charge in [-0.1, -0.05) is 0 Å². The number of benzene rings is 1. The van der Waals surface area contributed by atoms with Gasteiger partial charge in [0.15, 0.2) is 5.75 Å². The molecule has 1 aromatic rings. The molecule has 5 nitrogen and oxygen atoms in total. The number of phenolic OH excluding ortho intramolecular Hbond substituents is 2. The molecule has 5 heteroatoms. The van der Waals surface area contributed by atoms with Crippen molar-refractivity contribution in [2.24, 2.45) is 0 Å². The Labute approximate surface area is 86.1 Å². The van der Waals surface area contributed by atoms with Crippen LogP contribution in [0.25, 0.3) is 0 Å². The number of ether oxygens (including phenoxy) is 1. The van der Waals surface area contributed by atoms with E-state index in [2.05, 4.69) is 4.74 Å². The van der Waals surface area contributed by atoms with E-state index in [0.29, 0.717) is 5.56 Å². The fraction of sp³-hybridized carbons (Fsp3) is 0.200. The molecule has 0 saturated carbocycles. The molecule has 0 atom stereocenters. The second-order valence-corrected chi connectivity index (χ2v) is 2.91. The zero-order valence-corrected chi connectivity index (χ0v) is 8.24. The molecule has 0 saturated heterocycles. The Bertz CT molecular complexity index is 459. The first-order valence-corrected chi connectivity index (χ1v) is 4.06. The van der Waals surface area contributed by atoms with Gasteiger partial charge in [0, 0.05) is 0 Å². The molecule has 0 heterocycles. The average molecular weight is 207 g/mol. The summed E-state index contributed by atoms with van der Waals surface area (Å²) in [6, 6.07) is 2.97. The maximum atomic E-state index is 11.2. The van der Waals surface area contributed by atoms with Gasteiger partial charge in [-0.05, 0) is 18.6 Å². The molecule has 1 rings (SSSR count). The highest BCUT2D eigenvalue weighted by Crippen LogP contribution is 2.33. The van der Waals surface area contributed by atoms with Gasteiger partial charge < -0.3 is 14.9 Å². The fourth-order valence-corrected chi connectivity index (χ4v) is 1.23. The third-order valence-corrected chi connectivity index (χ3v) is 1.98. The molecule has 0 radical (unpaired) electrons. The van der Waals surface area contributed by atoms with Gasteiger partial charge in [0.25, 0.3) is 0 Å². The number of carbonyl (C=O) groups excluding carboxylic acids is 1. The Kier molecular flexibility index (Phi) is 2.81. The zero-order chi connectivity index (χ0) is 11.6. The van der Waals surface area contributed by atoms with Crippen LogP contribution >= 0.6 is 0 Å². The van der Waals surface area contributed by atoms with E-state index in [0.717, 1.165) is 7.11 Å². The number of aromatic hydroxyl groups is 2. The summed E-state index contributed by atoms with van der Waals surface area (Å²) >= 11 is 0. The van der Waals surface area contributed by atoms with E-state index in [1.165, 1.54) is 6.07 Å². The van der Waals surface area contributed by atoms with Crippen molar-refractivity contribution in [2.75, 3.05) is 7.11 Å². The number of rotatable bonds is 1. The van der Waals surface area contributed by atoms with E-state index in [-0.39, 0.29) is 11.1 Å². The second-order valence-electron chi connectivity index (χ2n) is 2.91. The highest BCUT2D eigenvalue weighted by molar-refractivity contribution is 5.96. The minimum Gasteiger partial charge on any atom is -0.507 e. The molecular weight excluding hydrogens is 198 g/mol. The number of hydrogen-bond donors (Lipinski definition) is 2. The molecule has 0 bridgehead atoms. The van der Waals surface area contributed by atoms with Crippen molar-refractivity contribution in [3.63, 3.8) is 0 Å². The van der Waals surface area contributed by atoms with E-state index in [1.54, 1.807) is 13.0 Å². The van der Waals surface area contributed by atoms with Crippen LogP contribution in [0.3, 0.4) is 0 Å². The van der Waals surface area contributed by atoms with E-state index >= 15 is 0 Å². The number of aryl methyl sites for hydroxylation is 1. The van der Waals surface area contributed by atoms with Crippen LogP contribution in [0.4, 0.5) is 0 Å². The molecule has 0 aliphatic carbocycles. The van der Waals surface area contributed by atoms with Gasteiger partial charge in [0.05, 0.1) is 12.7 Å². The van der Waals surface area contributed by atoms with Gasteiger partial charge in [-0.25, -0.2) is 4.79 Å². The second kappa shape index (κ2) is 3.88. The van der Waals surface area contributed by atoms with E-state index in [1.807, 2.05) is 0 Å². The Hall–Kier alpha value is -2.22. The van der Waals surface area contributed by atoms with Gasteiger partial charge in [-0.15, -0.1) is 0 Å². The standard InChI is InChI=1S/C10H9NO4/c1-5-3-7(12)8(10(14)15-2)9(13)6(5)4-11/h3,12-13H,1-2H3. The predicted molar refractivity (Wildman–Crippen MR) is 50.6 cm³/mol. The number of esters is 1. The molecule has 0 aliphatic rings. The minimum atomic E-state index is -0.888. The van der Waals surface area contributed by atoms with Crippen molar-refractivity contribution in [3.05, 3.63) is 22.8 Å². The number of nitriles is 1. The molecule has 0 spiro atoms. The topological polar surface area (TPSA) is 90.5 Å². The Morgan fingerprint density at radius 3 is 2.60 bits per heavy atom. The zero-order valence-electron chi connectivity index (χ0n) is 8.24. The van der Waals surface area contributed by atoms with Crippen LogP contribution in [0.15, 0.2) is 6.07 Å². The lowest BCUT2D eigenvalue weighted by molar-refractivity contribution is 0.0594. The number of phenols is 2. The number of methoxy groups -OCH3 is 1. The first-order valence-electron chi connectivity index (χ1n) is 4.06. The Morgan fingerprint density at radius 1 is 1.53 bits per heavy atom. The summed E-state index contributed by atoms with van der Waals surface area (Å²) in [7, 11) is 1.12. The fourth-order valence-electron chi connectivity index (χ4n) is 1.23. The van der Waals surface area contributed by atoms with Crippen LogP contribution in [-0.4, -0.2) is 23.3 Å². The molecule has 1 aromatic carbocycles. The summed E-state index contributed by atoms with van der Waals surface area (Å²) < 4.78 is 4.37. The van der Waals surface area contributed by atoms with Crippen LogP contribution in [-0.2, 0) is 4.74 Å². The summed E-state index contributed by atoms with van der Waals surface area (Å²) in [6.07, 6.45) is 0. The van der Waals surface area contributed by atoms with Gasteiger partial charge in [0.1, 0.15) is 17.4 Å². The Balaban J connectivity index is 3.54. The highest BCUT2D eigenvalue weighted by atomic mass is 16.5. The van der Waals surface area contributed by atoms with Crippen molar-refractivity contribution >= 4 is 5.97 Å². The molecule has 0 amide bonds. The Morgan fingerprint density at radius 2 is 2.13 bits per heavy atom. The number of nitrogens with zero attached hydrogens (tertiary/aromatic N) is 1. The van der Waals surface area contributed by atoms with Crippen LogP contribution in [0.1, 0.15) is 21.5 Å². The minimum absolute atomic E-state index is 0.0480. The third kappa shape index (κ3) is 1.70. The van der Waals surface area contributed by atoms with Crippen molar-refractivity contribution < 1.29 is 19.7 Å². The van der Waals surface area contributed by atoms with Gasteiger partial charge >= 0.3 is 5.97 Å². The first-order chi connectivity index (χ1) is 7.02. The average Bonchev–Trinajstić information content (AvgIpc) is 2.17. The molecule has 0 aromatic heterocycles. The van der Waals surface area contributed by atoms with E-state index in [4.69, 9.17) is 5.26 Å². The van der Waals surface area contributed by atoms with Crippen LogP contribution < -0.4 is 0 Å². The monoisotopic (exact) mass is 207 g/mol. The van der Waals surface area contributed by atoms with Crippen LogP contribution in [0.2, 0.25) is 0 Å². The summed E-state index contributed by atoms with van der Waals surface area (Å²) in [6.45, 7) is 1.54. The third-order valence-electron chi connectivity index (χ3n) is 1.98. The lowest BCUT2D eigenvalue weighted by Gasteiger charge is -2.08. The summed E-state index contributed by atoms with van der Waals surface area (Å²) in [4.78, 5) is 11.2. The van der Waals surface area contributed by atoms with Crippen molar-refractivity contribution in [2.45, 2.75) is 6.92 Å². The summed E-state index contributed by atoms with van der Waals surface area (Å²) in [5, 5.41) is 27.7. The number of carbonyl (C=O) groups is 1. The lowest BCUT2D eigenvalue weighted by Crippen LogP contribution is -2.04. The summed E-state index contributed by atoms with van der Waals surface area (Å²) in [5.41, 5.74) is -0.0481. The first kappa shape index (κ1) is 10.9. The van der Waals surface area contributed by atoms with Gasteiger partial charge in [-0.3, -0.25) is 0 Å².